The molecule has 4 heteroatoms. The van der Waals surface area contributed by atoms with Gasteiger partial charge in [0.2, 0.25) is 0 Å². The molecule has 104 valence electrons. The first-order valence-electron chi connectivity index (χ1n) is 6.99. The maximum absolute atomic E-state index is 5.98. The van der Waals surface area contributed by atoms with Gasteiger partial charge in [-0.15, -0.1) is 0 Å². The second kappa shape index (κ2) is 5.07. The van der Waals surface area contributed by atoms with E-state index in [1.54, 1.807) is 6.20 Å². The number of H-pyrrole nitrogens is 1. The highest BCUT2D eigenvalue weighted by molar-refractivity contribution is 5.52. The first-order valence-corrected chi connectivity index (χ1v) is 6.99. The molecule has 0 aliphatic carbocycles. The van der Waals surface area contributed by atoms with E-state index < -0.39 is 0 Å². The van der Waals surface area contributed by atoms with Crippen LogP contribution in [0.25, 0.3) is 0 Å². The summed E-state index contributed by atoms with van der Waals surface area (Å²) in [4.78, 5) is 7.38. The van der Waals surface area contributed by atoms with E-state index in [0.717, 1.165) is 28.5 Å². The summed E-state index contributed by atoms with van der Waals surface area (Å²) in [5.74, 6) is 2.75. The SMILES string of the molecule is c1ccc2c(c1)Oc1ccccc1C2NCc1ncc[nH]1. The Balaban J connectivity index is 1.71. The molecule has 0 radical (unpaired) electrons. The van der Waals surface area contributed by atoms with Crippen LogP contribution >= 0.6 is 0 Å². The average molecular weight is 277 g/mol. The van der Waals surface area contributed by atoms with E-state index in [4.69, 9.17) is 4.74 Å². The van der Waals surface area contributed by atoms with Gasteiger partial charge in [-0.25, -0.2) is 4.98 Å². The zero-order chi connectivity index (χ0) is 14.1. The molecule has 0 atom stereocenters. The summed E-state index contributed by atoms with van der Waals surface area (Å²) in [5.41, 5.74) is 2.31. The molecule has 1 aliphatic rings. The van der Waals surface area contributed by atoms with Crippen molar-refractivity contribution >= 4 is 0 Å². The van der Waals surface area contributed by atoms with Crippen LogP contribution in [-0.4, -0.2) is 9.97 Å². The van der Waals surface area contributed by atoms with Crippen LogP contribution in [0.15, 0.2) is 60.9 Å². The van der Waals surface area contributed by atoms with Gasteiger partial charge in [-0.2, -0.15) is 0 Å². The van der Waals surface area contributed by atoms with E-state index in [2.05, 4.69) is 27.4 Å². The topological polar surface area (TPSA) is 49.9 Å². The molecule has 2 N–H and O–H groups in total. The van der Waals surface area contributed by atoms with Gasteiger partial charge in [-0.05, 0) is 12.1 Å². The third kappa shape index (κ3) is 2.19. The zero-order valence-corrected chi connectivity index (χ0v) is 11.4. The smallest absolute Gasteiger partial charge is 0.132 e. The summed E-state index contributed by atoms with van der Waals surface area (Å²) in [7, 11) is 0. The second-order valence-corrected chi connectivity index (χ2v) is 5.03. The molecule has 0 bridgehead atoms. The molecule has 2 aromatic carbocycles. The molecular weight excluding hydrogens is 262 g/mol. The molecular formula is C17H15N3O. The predicted molar refractivity (Wildman–Crippen MR) is 80.2 cm³/mol. The highest BCUT2D eigenvalue weighted by Gasteiger charge is 2.26. The average Bonchev–Trinajstić information content (AvgIpc) is 3.05. The van der Waals surface area contributed by atoms with Crippen molar-refractivity contribution in [2.24, 2.45) is 0 Å². The molecule has 0 unspecified atom stereocenters. The number of benzene rings is 2. The van der Waals surface area contributed by atoms with Crippen LogP contribution in [0.4, 0.5) is 0 Å². The lowest BCUT2D eigenvalue weighted by Gasteiger charge is -2.28. The number of rotatable bonds is 3. The van der Waals surface area contributed by atoms with Gasteiger partial charge >= 0.3 is 0 Å². The fourth-order valence-corrected chi connectivity index (χ4v) is 2.72. The highest BCUT2D eigenvalue weighted by Crippen LogP contribution is 2.42. The van der Waals surface area contributed by atoms with E-state index in [1.807, 2.05) is 42.6 Å². The van der Waals surface area contributed by atoms with Crippen LogP contribution in [0.3, 0.4) is 0 Å². The van der Waals surface area contributed by atoms with Crippen LogP contribution in [0, 0.1) is 0 Å². The molecule has 21 heavy (non-hydrogen) atoms. The fraction of sp³-hybridized carbons (Fsp3) is 0.118. The number of para-hydroxylation sites is 2. The Labute approximate surface area is 122 Å². The Kier molecular flexibility index (Phi) is 2.94. The van der Waals surface area contributed by atoms with Gasteiger partial charge < -0.3 is 9.72 Å². The lowest BCUT2D eigenvalue weighted by Crippen LogP contribution is -2.25. The number of aromatic amines is 1. The Morgan fingerprint density at radius 3 is 2.29 bits per heavy atom. The quantitative estimate of drug-likeness (QED) is 0.771. The van der Waals surface area contributed by atoms with Crippen molar-refractivity contribution in [3.05, 3.63) is 77.9 Å². The summed E-state index contributed by atoms with van der Waals surface area (Å²) >= 11 is 0. The Morgan fingerprint density at radius 1 is 1.00 bits per heavy atom. The minimum Gasteiger partial charge on any atom is -0.457 e. The maximum Gasteiger partial charge on any atom is 0.132 e. The minimum absolute atomic E-state index is 0.108. The van der Waals surface area contributed by atoms with Crippen molar-refractivity contribution in [2.45, 2.75) is 12.6 Å². The molecule has 0 saturated heterocycles. The van der Waals surface area contributed by atoms with Crippen molar-refractivity contribution in [1.82, 2.24) is 15.3 Å². The van der Waals surface area contributed by atoms with Crippen LogP contribution < -0.4 is 10.1 Å². The van der Waals surface area contributed by atoms with Crippen molar-refractivity contribution in [2.75, 3.05) is 0 Å². The minimum atomic E-state index is 0.108. The molecule has 3 aromatic rings. The standard InChI is InChI=1S/C17H15N3O/c1-3-7-14-12(5-1)17(20-11-16-18-9-10-19-16)13-6-2-4-8-15(13)21-14/h1-10,17,20H,11H2,(H,18,19). The van der Waals surface area contributed by atoms with Crippen molar-refractivity contribution < 1.29 is 4.74 Å². The number of nitrogens with one attached hydrogen (secondary N) is 2. The monoisotopic (exact) mass is 277 g/mol. The number of imidazole rings is 1. The fourth-order valence-electron chi connectivity index (χ4n) is 2.72. The molecule has 1 aliphatic heterocycles. The first-order chi connectivity index (χ1) is 10.4. The maximum atomic E-state index is 5.98. The van der Waals surface area contributed by atoms with Crippen LogP contribution in [-0.2, 0) is 6.54 Å². The van der Waals surface area contributed by atoms with Crippen molar-refractivity contribution in [3.8, 4) is 11.5 Å². The van der Waals surface area contributed by atoms with Gasteiger partial charge in [-0.3, -0.25) is 5.32 Å². The summed E-state index contributed by atoms with van der Waals surface area (Å²) < 4.78 is 5.98. The Bertz CT molecular complexity index is 707. The molecule has 0 amide bonds. The van der Waals surface area contributed by atoms with E-state index in [1.165, 1.54) is 0 Å². The van der Waals surface area contributed by atoms with E-state index >= 15 is 0 Å². The first kappa shape index (κ1) is 12.2. The summed E-state index contributed by atoms with van der Waals surface area (Å²) in [5, 5.41) is 3.56. The van der Waals surface area contributed by atoms with Gasteiger partial charge in [0.05, 0.1) is 12.6 Å². The Morgan fingerprint density at radius 2 is 1.67 bits per heavy atom. The number of hydrogen-bond donors (Lipinski definition) is 2. The number of nitrogens with zero attached hydrogens (tertiary/aromatic N) is 1. The summed E-state index contributed by atoms with van der Waals surface area (Å²) in [6.07, 6.45) is 3.60. The van der Waals surface area contributed by atoms with E-state index in [9.17, 15) is 0 Å². The summed E-state index contributed by atoms with van der Waals surface area (Å²) in [6, 6.07) is 16.4. The van der Waals surface area contributed by atoms with Crippen LogP contribution in [0.2, 0.25) is 0 Å². The third-order valence-corrected chi connectivity index (χ3v) is 3.71. The van der Waals surface area contributed by atoms with Gasteiger partial charge in [0.1, 0.15) is 17.3 Å². The Hall–Kier alpha value is -2.59. The largest absolute Gasteiger partial charge is 0.457 e. The second-order valence-electron chi connectivity index (χ2n) is 5.03. The number of fused-ring (bicyclic) bond motifs is 2. The van der Waals surface area contributed by atoms with Gasteiger partial charge in [0, 0.05) is 23.5 Å². The molecule has 4 rings (SSSR count). The third-order valence-electron chi connectivity index (χ3n) is 3.71. The van der Waals surface area contributed by atoms with Gasteiger partial charge in [0.15, 0.2) is 0 Å². The molecule has 4 nitrogen and oxygen atoms in total. The molecule has 0 spiro atoms. The number of aromatic nitrogens is 2. The lowest BCUT2D eigenvalue weighted by atomic mass is 9.94. The van der Waals surface area contributed by atoms with Gasteiger partial charge in [0.25, 0.3) is 0 Å². The van der Waals surface area contributed by atoms with E-state index in [0.29, 0.717) is 6.54 Å². The van der Waals surface area contributed by atoms with Crippen molar-refractivity contribution in [1.29, 1.82) is 0 Å². The highest BCUT2D eigenvalue weighted by atomic mass is 16.5. The molecule has 2 heterocycles. The normalized spacial score (nSPS) is 13.3. The number of hydrogen-bond acceptors (Lipinski definition) is 3. The summed E-state index contributed by atoms with van der Waals surface area (Å²) in [6.45, 7) is 0.681. The number of ether oxygens (including phenoxy) is 1. The van der Waals surface area contributed by atoms with E-state index in [-0.39, 0.29) is 6.04 Å². The van der Waals surface area contributed by atoms with Crippen LogP contribution in [0.1, 0.15) is 23.0 Å². The lowest BCUT2D eigenvalue weighted by molar-refractivity contribution is 0.426. The van der Waals surface area contributed by atoms with Gasteiger partial charge in [-0.1, -0.05) is 36.4 Å². The molecule has 1 aromatic heterocycles. The zero-order valence-electron chi connectivity index (χ0n) is 11.4. The van der Waals surface area contributed by atoms with Crippen LogP contribution in [0.5, 0.6) is 11.5 Å². The predicted octanol–water partition coefficient (Wildman–Crippen LogP) is 3.39. The van der Waals surface area contributed by atoms with Crippen molar-refractivity contribution in [3.63, 3.8) is 0 Å². The molecule has 0 fully saturated rings. The molecule has 0 saturated carbocycles.